The highest BCUT2D eigenvalue weighted by atomic mass is 16.5. The van der Waals surface area contributed by atoms with Crippen LogP contribution in [0.1, 0.15) is 38.9 Å². The van der Waals surface area contributed by atoms with Crippen LogP contribution in [0, 0.1) is 5.41 Å². The van der Waals surface area contributed by atoms with Crippen LogP contribution in [0.15, 0.2) is 12.4 Å². The lowest BCUT2D eigenvalue weighted by Gasteiger charge is -2.38. The van der Waals surface area contributed by atoms with E-state index in [0.717, 1.165) is 32.6 Å². The van der Waals surface area contributed by atoms with Crippen LogP contribution in [-0.2, 0) is 18.2 Å². The Kier molecular flexibility index (Phi) is 4.99. The highest BCUT2D eigenvalue weighted by Crippen LogP contribution is 2.33. The van der Waals surface area contributed by atoms with Crippen LogP contribution in [0.2, 0.25) is 0 Å². The molecule has 2 rings (SSSR count). The Morgan fingerprint density at radius 3 is 2.95 bits per heavy atom. The number of aromatic nitrogens is 2. The molecular formula is C15H27N3O. The summed E-state index contributed by atoms with van der Waals surface area (Å²) in [5.41, 5.74) is 0.286. The summed E-state index contributed by atoms with van der Waals surface area (Å²) in [4.78, 5) is 4.43. The molecule has 2 heterocycles. The predicted molar refractivity (Wildman–Crippen MR) is 77.2 cm³/mol. The van der Waals surface area contributed by atoms with Gasteiger partial charge in [0.2, 0.25) is 0 Å². The topological polar surface area (TPSA) is 39.1 Å². The number of hydrogen-bond acceptors (Lipinski definition) is 3. The normalized spacial score (nSPS) is 24.0. The van der Waals surface area contributed by atoms with Crippen LogP contribution in [0.3, 0.4) is 0 Å². The summed E-state index contributed by atoms with van der Waals surface area (Å²) in [6, 6.07) is 0.534. The zero-order chi connectivity index (χ0) is 13.7. The Morgan fingerprint density at radius 1 is 1.53 bits per heavy atom. The van der Waals surface area contributed by atoms with Gasteiger partial charge >= 0.3 is 0 Å². The molecule has 1 unspecified atom stereocenters. The second-order valence-corrected chi connectivity index (χ2v) is 6.15. The fourth-order valence-corrected chi connectivity index (χ4v) is 2.77. The summed E-state index contributed by atoms with van der Waals surface area (Å²) < 4.78 is 7.87. The molecule has 19 heavy (non-hydrogen) atoms. The molecule has 0 aromatic carbocycles. The van der Waals surface area contributed by atoms with Gasteiger partial charge in [0.15, 0.2) is 0 Å². The average Bonchev–Trinajstić information content (AvgIpc) is 2.81. The first-order valence-corrected chi connectivity index (χ1v) is 7.39. The molecule has 0 bridgehead atoms. The quantitative estimate of drug-likeness (QED) is 0.856. The van der Waals surface area contributed by atoms with Crippen LogP contribution < -0.4 is 5.32 Å². The summed E-state index contributed by atoms with van der Waals surface area (Å²) in [5, 5.41) is 3.59. The van der Waals surface area contributed by atoms with Crippen molar-refractivity contribution in [2.24, 2.45) is 12.5 Å². The maximum atomic E-state index is 5.75. The molecule has 1 fully saturated rings. The van der Waals surface area contributed by atoms with Gasteiger partial charge in [0.25, 0.3) is 0 Å². The van der Waals surface area contributed by atoms with Gasteiger partial charge < -0.3 is 14.6 Å². The lowest BCUT2D eigenvalue weighted by Crippen LogP contribution is -2.43. The van der Waals surface area contributed by atoms with Crippen LogP contribution in [0.25, 0.3) is 0 Å². The number of imidazole rings is 1. The minimum absolute atomic E-state index is 0.286. The van der Waals surface area contributed by atoms with Gasteiger partial charge in [-0.25, -0.2) is 4.98 Å². The monoisotopic (exact) mass is 265 g/mol. The van der Waals surface area contributed by atoms with Crippen LogP contribution in [-0.4, -0.2) is 35.4 Å². The van der Waals surface area contributed by atoms with Crippen molar-refractivity contribution in [2.45, 2.75) is 45.6 Å². The average molecular weight is 265 g/mol. The fraction of sp³-hybridized carbons (Fsp3) is 0.800. The third kappa shape index (κ3) is 4.05. The van der Waals surface area contributed by atoms with Crippen molar-refractivity contribution in [1.29, 1.82) is 0 Å². The van der Waals surface area contributed by atoms with Gasteiger partial charge in [-0.15, -0.1) is 0 Å². The molecule has 1 aliphatic rings. The summed E-state index contributed by atoms with van der Waals surface area (Å²) >= 11 is 0. The highest BCUT2D eigenvalue weighted by molar-refractivity contribution is 4.95. The Hall–Kier alpha value is -0.870. The maximum Gasteiger partial charge on any atom is 0.108 e. The minimum atomic E-state index is 0.286. The van der Waals surface area contributed by atoms with E-state index in [4.69, 9.17) is 4.74 Å². The van der Waals surface area contributed by atoms with E-state index in [-0.39, 0.29) is 5.41 Å². The Bertz CT molecular complexity index is 380. The first kappa shape index (κ1) is 14.5. The van der Waals surface area contributed by atoms with Crippen LogP contribution >= 0.6 is 0 Å². The number of rotatable bonds is 6. The van der Waals surface area contributed by atoms with Crippen LogP contribution in [0.5, 0.6) is 0 Å². The molecule has 4 heteroatoms. The van der Waals surface area contributed by atoms with E-state index in [9.17, 15) is 0 Å². The van der Waals surface area contributed by atoms with Gasteiger partial charge in [-0.2, -0.15) is 0 Å². The Balaban J connectivity index is 1.95. The molecule has 1 aliphatic heterocycles. The largest absolute Gasteiger partial charge is 0.381 e. The SMILES string of the molecule is CC(C)NCC1(CCc2nccn2C)CCCOC1. The Morgan fingerprint density at radius 2 is 2.37 bits per heavy atom. The number of aryl methyl sites for hydroxylation is 2. The lowest BCUT2D eigenvalue weighted by atomic mass is 9.78. The first-order chi connectivity index (χ1) is 9.11. The molecule has 0 spiro atoms. The molecule has 1 saturated heterocycles. The second kappa shape index (κ2) is 6.53. The first-order valence-electron chi connectivity index (χ1n) is 7.39. The number of nitrogens with one attached hydrogen (secondary N) is 1. The van der Waals surface area contributed by atoms with Gasteiger partial charge in [0, 0.05) is 50.5 Å². The summed E-state index contributed by atoms with van der Waals surface area (Å²) in [5.74, 6) is 1.18. The third-order valence-electron chi connectivity index (χ3n) is 4.09. The van der Waals surface area contributed by atoms with E-state index in [1.807, 2.05) is 12.4 Å². The lowest BCUT2D eigenvalue weighted by molar-refractivity contribution is -0.0130. The standard InChI is InChI=1S/C15H27N3O/c1-13(2)17-11-15(6-4-10-19-12-15)7-5-14-16-8-9-18(14)3/h8-9,13,17H,4-7,10-12H2,1-3H3. The van der Waals surface area contributed by atoms with Crippen molar-refractivity contribution in [2.75, 3.05) is 19.8 Å². The van der Waals surface area contributed by atoms with Crippen molar-refractivity contribution >= 4 is 0 Å². The number of hydrogen-bond donors (Lipinski definition) is 1. The predicted octanol–water partition coefficient (Wildman–Crippen LogP) is 2.15. The molecule has 0 saturated carbocycles. The van der Waals surface area contributed by atoms with Crippen molar-refractivity contribution in [1.82, 2.24) is 14.9 Å². The van der Waals surface area contributed by atoms with Gasteiger partial charge in [-0.1, -0.05) is 13.8 Å². The molecule has 4 nitrogen and oxygen atoms in total. The minimum Gasteiger partial charge on any atom is -0.381 e. The molecule has 1 N–H and O–H groups in total. The zero-order valence-corrected chi connectivity index (χ0v) is 12.5. The zero-order valence-electron chi connectivity index (χ0n) is 12.5. The van der Waals surface area contributed by atoms with Gasteiger partial charge in [-0.05, 0) is 19.3 Å². The number of ether oxygens (including phenoxy) is 1. The molecule has 0 aliphatic carbocycles. The third-order valence-corrected chi connectivity index (χ3v) is 4.09. The fourth-order valence-electron chi connectivity index (χ4n) is 2.77. The molecule has 1 aromatic heterocycles. The van der Waals surface area contributed by atoms with Gasteiger partial charge in [0.05, 0.1) is 6.61 Å². The van der Waals surface area contributed by atoms with Crippen molar-refractivity contribution in [3.05, 3.63) is 18.2 Å². The summed E-state index contributed by atoms with van der Waals surface area (Å²) in [6.07, 6.45) is 8.53. The second-order valence-electron chi connectivity index (χ2n) is 6.15. The molecule has 1 atom stereocenters. The molecule has 0 amide bonds. The molecular weight excluding hydrogens is 238 g/mol. The van der Waals surface area contributed by atoms with E-state index in [2.05, 4.69) is 35.8 Å². The van der Waals surface area contributed by atoms with Crippen LogP contribution in [0.4, 0.5) is 0 Å². The van der Waals surface area contributed by atoms with E-state index >= 15 is 0 Å². The van der Waals surface area contributed by atoms with Crippen molar-refractivity contribution in [3.8, 4) is 0 Å². The molecule has 0 radical (unpaired) electrons. The summed E-state index contributed by atoms with van der Waals surface area (Å²) in [7, 11) is 2.07. The maximum absolute atomic E-state index is 5.75. The van der Waals surface area contributed by atoms with E-state index < -0.39 is 0 Å². The highest BCUT2D eigenvalue weighted by Gasteiger charge is 2.32. The molecule has 1 aromatic rings. The van der Waals surface area contributed by atoms with E-state index in [1.54, 1.807) is 0 Å². The van der Waals surface area contributed by atoms with E-state index in [0.29, 0.717) is 6.04 Å². The number of nitrogens with zero attached hydrogens (tertiary/aromatic N) is 2. The molecule has 108 valence electrons. The van der Waals surface area contributed by atoms with E-state index in [1.165, 1.54) is 18.7 Å². The van der Waals surface area contributed by atoms with Gasteiger partial charge in [0.1, 0.15) is 5.82 Å². The summed E-state index contributed by atoms with van der Waals surface area (Å²) in [6.45, 7) is 7.27. The van der Waals surface area contributed by atoms with Crippen molar-refractivity contribution in [3.63, 3.8) is 0 Å². The van der Waals surface area contributed by atoms with Crippen molar-refractivity contribution < 1.29 is 4.74 Å². The smallest absolute Gasteiger partial charge is 0.108 e. The van der Waals surface area contributed by atoms with Gasteiger partial charge in [-0.3, -0.25) is 0 Å². The Labute approximate surface area is 116 Å².